The molecule has 1 fully saturated rings. The van der Waals surface area contributed by atoms with Crippen molar-refractivity contribution in [3.05, 3.63) is 5.01 Å². The van der Waals surface area contributed by atoms with Gasteiger partial charge in [0.2, 0.25) is 10.1 Å². The number of anilines is 1. The van der Waals surface area contributed by atoms with Crippen molar-refractivity contribution in [2.75, 3.05) is 24.7 Å². The normalized spacial score (nSPS) is 17.4. The van der Waals surface area contributed by atoms with Crippen LogP contribution in [0.5, 0.6) is 0 Å². The van der Waals surface area contributed by atoms with Gasteiger partial charge in [-0.25, -0.2) is 0 Å². The first kappa shape index (κ1) is 14.6. The Bertz CT molecular complexity index is 429. The molecule has 19 heavy (non-hydrogen) atoms. The second-order valence-electron chi connectivity index (χ2n) is 4.72. The first-order chi connectivity index (χ1) is 9.19. The molecule has 0 atom stereocenters. The first-order valence-corrected chi connectivity index (χ1v) is 8.64. The Kier molecular flexibility index (Phi) is 5.04. The van der Waals surface area contributed by atoms with Crippen LogP contribution < -0.4 is 10.6 Å². The van der Waals surface area contributed by atoms with E-state index in [0.29, 0.717) is 10.1 Å². The number of nitrogens with one attached hydrogen (secondary N) is 2. The van der Waals surface area contributed by atoms with Crippen molar-refractivity contribution in [2.24, 2.45) is 0 Å². The highest BCUT2D eigenvalue weighted by molar-refractivity contribution is 8.00. The zero-order chi connectivity index (χ0) is 13.7. The van der Waals surface area contributed by atoms with Gasteiger partial charge >= 0.3 is 0 Å². The van der Waals surface area contributed by atoms with E-state index in [1.54, 1.807) is 0 Å². The van der Waals surface area contributed by atoms with Crippen LogP contribution in [0, 0.1) is 0 Å². The number of thioether (sulfide) groups is 1. The molecule has 1 heterocycles. The molecule has 106 valence electrons. The van der Waals surface area contributed by atoms with Crippen LogP contribution in [0.3, 0.4) is 0 Å². The molecule has 0 bridgehead atoms. The predicted octanol–water partition coefficient (Wildman–Crippen LogP) is 2.38. The summed E-state index contributed by atoms with van der Waals surface area (Å²) < 4.78 is 0.227. The minimum atomic E-state index is -0.109. The van der Waals surface area contributed by atoms with E-state index in [2.05, 4.69) is 27.1 Å². The van der Waals surface area contributed by atoms with E-state index in [4.69, 9.17) is 0 Å². The molecular formula is C12H20N4OS2. The highest BCUT2D eigenvalue weighted by Gasteiger charge is 2.33. The summed E-state index contributed by atoms with van der Waals surface area (Å²) in [4.78, 5) is 12.0. The number of carbonyl (C=O) groups is 1. The van der Waals surface area contributed by atoms with Gasteiger partial charge in [0.25, 0.3) is 5.91 Å². The van der Waals surface area contributed by atoms with Crippen LogP contribution in [0.1, 0.15) is 42.4 Å². The molecule has 0 aliphatic heterocycles. The van der Waals surface area contributed by atoms with Crippen LogP contribution in [0.4, 0.5) is 5.13 Å². The zero-order valence-electron chi connectivity index (χ0n) is 11.4. The summed E-state index contributed by atoms with van der Waals surface area (Å²) in [6.45, 7) is 3.50. The summed E-state index contributed by atoms with van der Waals surface area (Å²) in [5.41, 5.74) is 0. The molecule has 1 aliphatic rings. The summed E-state index contributed by atoms with van der Waals surface area (Å²) in [7, 11) is 0. The lowest BCUT2D eigenvalue weighted by Gasteiger charge is -2.26. The Morgan fingerprint density at radius 3 is 2.79 bits per heavy atom. The van der Waals surface area contributed by atoms with Crippen LogP contribution in [-0.2, 0) is 0 Å². The molecule has 1 saturated carbocycles. The predicted molar refractivity (Wildman–Crippen MR) is 81.1 cm³/mol. The van der Waals surface area contributed by atoms with Gasteiger partial charge in [0.1, 0.15) is 0 Å². The van der Waals surface area contributed by atoms with Gasteiger partial charge in [-0.2, -0.15) is 11.8 Å². The van der Waals surface area contributed by atoms with Crippen LogP contribution in [-0.4, -0.2) is 40.2 Å². The second kappa shape index (κ2) is 6.56. The average molecular weight is 300 g/mol. The summed E-state index contributed by atoms with van der Waals surface area (Å²) in [6, 6.07) is 0. The quantitative estimate of drug-likeness (QED) is 0.844. The third-order valence-corrected chi connectivity index (χ3v) is 5.76. The van der Waals surface area contributed by atoms with Gasteiger partial charge in [0, 0.05) is 17.8 Å². The van der Waals surface area contributed by atoms with Crippen LogP contribution >= 0.6 is 23.1 Å². The molecule has 0 radical (unpaired) electrons. The van der Waals surface area contributed by atoms with Crippen molar-refractivity contribution < 1.29 is 4.79 Å². The molecule has 2 rings (SSSR count). The first-order valence-electron chi connectivity index (χ1n) is 6.60. The number of amides is 1. The lowest BCUT2D eigenvalue weighted by molar-refractivity contribution is 0.0948. The number of rotatable bonds is 6. The fourth-order valence-electron chi connectivity index (χ4n) is 2.33. The van der Waals surface area contributed by atoms with Crippen molar-refractivity contribution in [1.29, 1.82) is 0 Å². The number of hydrogen-bond donors (Lipinski definition) is 2. The van der Waals surface area contributed by atoms with E-state index in [9.17, 15) is 4.79 Å². The van der Waals surface area contributed by atoms with Crippen LogP contribution in [0.2, 0.25) is 0 Å². The molecule has 7 heteroatoms. The van der Waals surface area contributed by atoms with Gasteiger partial charge in [-0.1, -0.05) is 24.2 Å². The Morgan fingerprint density at radius 1 is 1.42 bits per heavy atom. The van der Waals surface area contributed by atoms with E-state index >= 15 is 0 Å². The lowest BCUT2D eigenvalue weighted by atomic mass is 10.1. The van der Waals surface area contributed by atoms with Gasteiger partial charge in [0.15, 0.2) is 0 Å². The van der Waals surface area contributed by atoms with Gasteiger partial charge in [-0.05, 0) is 26.0 Å². The highest BCUT2D eigenvalue weighted by Crippen LogP contribution is 2.39. The number of carbonyl (C=O) groups excluding carboxylic acids is 1. The van der Waals surface area contributed by atoms with Crippen molar-refractivity contribution in [2.45, 2.75) is 37.4 Å². The molecule has 5 nitrogen and oxygen atoms in total. The van der Waals surface area contributed by atoms with Crippen LogP contribution in [0.25, 0.3) is 0 Å². The zero-order valence-corrected chi connectivity index (χ0v) is 13.0. The lowest BCUT2D eigenvalue weighted by Crippen LogP contribution is -2.38. The maximum atomic E-state index is 12.0. The summed E-state index contributed by atoms with van der Waals surface area (Å²) in [6.07, 6.45) is 7.03. The third kappa shape index (κ3) is 3.60. The SMILES string of the molecule is CCNc1nnc(C(=O)NCC2(SC)CCCC2)s1. The third-order valence-electron chi connectivity index (χ3n) is 3.47. The van der Waals surface area contributed by atoms with Gasteiger partial charge in [-0.3, -0.25) is 4.79 Å². The van der Waals surface area contributed by atoms with Gasteiger partial charge in [-0.15, -0.1) is 10.2 Å². The Hall–Kier alpha value is -0.820. The molecule has 1 aliphatic carbocycles. The van der Waals surface area contributed by atoms with E-state index in [0.717, 1.165) is 13.1 Å². The van der Waals surface area contributed by atoms with Crippen molar-refractivity contribution >= 4 is 34.1 Å². The minimum Gasteiger partial charge on any atom is -0.360 e. The summed E-state index contributed by atoms with van der Waals surface area (Å²) in [5, 5.41) is 15.1. The molecule has 0 unspecified atom stereocenters. The van der Waals surface area contributed by atoms with Gasteiger partial charge < -0.3 is 10.6 Å². The highest BCUT2D eigenvalue weighted by atomic mass is 32.2. The molecule has 1 aromatic heterocycles. The topological polar surface area (TPSA) is 66.9 Å². The monoisotopic (exact) mass is 300 g/mol. The fraction of sp³-hybridized carbons (Fsp3) is 0.750. The van der Waals surface area contributed by atoms with Gasteiger partial charge in [0.05, 0.1) is 0 Å². The fourth-order valence-corrected chi connectivity index (χ4v) is 3.97. The molecular weight excluding hydrogens is 280 g/mol. The Balaban J connectivity index is 1.89. The van der Waals surface area contributed by atoms with E-state index in [1.807, 2.05) is 18.7 Å². The van der Waals surface area contributed by atoms with Crippen molar-refractivity contribution in [3.63, 3.8) is 0 Å². The summed E-state index contributed by atoms with van der Waals surface area (Å²) in [5.74, 6) is -0.109. The largest absolute Gasteiger partial charge is 0.360 e. The molecule has 2 N–H and O–H groups in total. The number of nitrogens with zero attached hydrogens (tertiary/aromatic N) is 2. The molecule has 0 saturated heterocycles. The average Bonchev–Trinajstić information content (AvgIpc) is 3.06. The molecule has 0 aromatic carbocycles. The van der Waals surface area contributed by atoms with Crippen LogP contribution in [0.15, 0.2) is 0 Å². The smallest absolute Gasteiger partial charge is 0.282 e. The van der Waals surface area contributed by atoms with Crippen molar-refractivity contribution in [1.82, 2.24) is 15.5 Å². The van der Waals surface area contributed by atoms with Crippen molar-refractivity contribution in [3.8, 4) is 0 Å². The molecule has 1 amide bonds. The molecule has 1 aromatic rings. The molecule has 0 spiro atoms. The Labute approximate surface area is 122 Å². The number of aromatic nitrogens is 2. The second-order valence-corrected chi connectivity index (χ2v) is 6.97. The summed E-state index contributed by atoms with van der Waals surface area (Å²) >= 11 is 3.17. The van der Waals surface area contributed by atoms with E-state index in [-0.39, 0.29) is 10.7 Å². The maximum absolute atomic E-state index is 12.0. The van der Waals surface area contributed by atoms with E-state index in [1.165, 1.54) is 37.0 Å². The minimum absolute atomic E-state index is 0.109. The number of hydrogen-bond acceptors (Lipinski definition) is 6. The Morgan fingerprint density at radius 2 is 2.16 bits per heavy atom. The standard InChI is InChI=1S/C12H20N4OS2/c1-3-13-11-16-15-10(19-11)9(17)14-8-12(18-2)6-4-5-7-12/h3-8H2,1-2H3,(H,13,16)(H,14,17). The maximum Gasteiger partial charge on any atom is 0.282 e. The van der Waals surface area contributed by atoms with E-state index < -0.39 is 0 Å².